The summed E-state index contributed by atoms with van der Waals surface area (Å²) in [6.45, 7) is 1.76. The van der Waals surface area contributed by atoms with Crippen molar-refractivity contribution in [3.05, 3.63) is 59.5 Å². The van der Waals surface area contributed by atoms with Crippen LogP contribution in [0.2, 0.25) is 0 Å². The predicted molar refractivity (Wildman–Crippen MR) is 137 cm³/mol. The van der Waals surface area contributed by atoms with Crippen molar-refractivity contribution >= 4 is 48.0 Å². The molecule has 1 saturated heterocycles. The molecule has 2 heterocycles. The van der Waals surface area contributed by atoms with E-state index in [1.807, 2.05) is 30.3 Å². The Labute approximate surface area is 214 Å². The topological polar surface area (TPSA) is 131 Å². The van der Waals surface area contributed by atoms with Crippen LogP contribution in [0.4, 0.5) is 5.13 Å². The SMILES string of the molecule is CC(=O)c1sc(NC(=O)C2CCN(S(=O)(=O)c3ccc(S(C)(=O)=O)cc3)CC2)nc1-c1ccccc1. The van der Waals surface area contributed by atoms with Gasteiger partial charge in [-0.1, -0.05) is 41.7 Å². The molecule has 36 heavy (non-hydrogen) atoms. The average molecular weight is 548 g/mol. The Hall–Kier alpha value is -2.93. The Morgan fingerprint density at radius 1 is 0.944 bits per heavy atom. The second kappa shape index (κ2) is 10.2. The molecule has 1 aromatic heterocycles. The number of sulfone groups is 1. The summed E-state index contributed by atoms with van der Waals surface area (Å²) in [5.41, 5.74) is 1.30. The molecule has 1 aliphatic heterocycles. The van der Waals surface area contributed by atoms with Gasteiger partial charge in [0.2, 0.25) is 15.9 Å². The minimum absolute atomic E-state index is 0.00536. The van der Waals surface area contributed by atoms with E-state index in [1.165, 1.54) is 35.5 Å². The van der Waals surface area contributed by atoms with Crippen molar-refractivity contribution in [2.75, 3.05) is 24.7 Å². The van der Waals surface area contributed by atoms with Crippen LogP contribution in [0.1, 0.15) is 29.4 Å². The normalized spacial score (nSPS) is 15.5. The maximum atomic E-state index is 13.0. The molecule has 190 valence electrons. The first kappa shape index (κ1) is 26.1. The molecule has 1 fully saturated rings. The summed E-state index contributed by atoms with van der Waals surface area (Å²) in [5, 5.41) is 3.12. The van der Waals surface area contributed by atoms with Gasteiger partial charge in [-0.15, -0.1) is 0 Å². The van der Waals surface area contributed by atoms with Gasteiger partial charge in [0.15, 0.2) is 20.8 Å². The van der Waals surface area contributed by atoms with E-state index in [4.69, 9.17) is 0 Å². The van der Waals surface area contributed by atoms with Crippen molar-refractivity contribution in [3.63, 3.8) is 0 Å². The lowest BCUT2D eigenvalue weighted by atomic mass is 9.97. The third-order valence-corrected chi connectivity index (χ3v) is 10.1. The Morgan fingerprint density at radius 3 is 2.08 bits per heavy atom. The molecule has 0 spiro atoms. The van der Waals surface area contributed by atoms with Gasteiger partial charge in [0.05, 0.1) is 20.4 Å². The van der Waals surface area contributed by atoms with Crippen LogP contribution in [0.15, 0.2) is 64.4 Å². The molecule has 3 aromatic rings. The van der Waals surface area contributed by atoms with Gasteiger partial charge < -0.3 is 5.32 Å². The monoisotopic (exact) mass is 547 g/mol. The zero-order valence-electron chi connectivity index (χ0n) is 19.7. The van der Waals surface area contributed by atoms with E-state index in [9.17, 15) is 26.4 Å². The highest BCUT2D eigenvalue weighted by molar-refractivity contribution is 7.90. The Bertz CT molecular complexity index is 1490. The van der Waals surface area contributed by atoms with Crippen molar-refractivity contribution in [1.82, 2.24) is 9.29 Å². The summed E-state index contributed by atoms with van der Waals surface area (Å²) >= 11 is 1.12. The Balaban J connectivity index is 1.42. The van der Waals surface area contributed by atoms with Gasteiger partial charge in [-0.3, -0.25) is 9.59 Å². The van der Waals surface area contributed by atoms with E-state index >= 15 is 0 Å². The number of Topliss-reactive ketones (excluding diaryl/α,β-unsaturated/α-hetero) is 1. The molecule has 1 aliphatic rings. The van der Waals surface area contributed by atoms with Crippen molar-refractivity contribution in [2.45, 2.75) is 29.6 Å². The van der Waals surface area contributed by atoms with Crippen molar-refractivity contribution in [2.24, 2.45) is 5.92 Å². The smallest absolute Gasteiger partial charge is 0.243 e. The quantitative estimate of drug-likeness (QED) is 0.448. The molecule has 9 nitrogen and oxygen atoms in total. The first-order valence-corrected chi connectivity index (χ1v) is 15.3. The standard InChI is InChI=1S/C24H25N3O6S3/c1-16(28)22-21(17-6-4-3-5-7-17)25-24(34-22)26-23(29)18-12-14-27(15-13-18)36(32,33)20-10-8-19(9-11-20)35(2,30)31/h3-11,18H,12-15H2,1-2H3,(H,25,26,29). The van der Waals surface area contributed by atoms with Gasteiger partial charge in [0.1, 0.15) is 0 Å². The van der Waals surface area contributed by atoms with Crippen molar-refractivity contribution in [1.29, 1.82) is 0 Å². The molecule has 2 aromatic carbocycles. The van der Waals surface area contributed by atoms with Crippen molar-refractivity contribution in [3.8, 4) is 11.3 Å². The predicted octanol–water partition coefficient (Wildman–Crippen LogP) is 3.46. The maximum Gasteiger partial charge on any atom is 0.243 e. The number of hydrogen-bond donors (Lipinski definition) is 1. The number of benzene rings is 2. The molecular weight excluding hydrogens is 522 g/mol. The average Bonchev–Trinajstić information content (AvgIpc) is 3.28. The number of thiazole rings is 1. The molecule has 0 bridgehead atoms. The minimum atomic E-state index is -3.82. The number of ketones is 1. The fraction of sp³-hybridized carbons (Fsp3) is 0.292. The van der Waals surface area contributed by atoms with Crippen LogP contribution < -0.4 is 5.32 Å². The van der Waals surface area contributed by atoms with Gasteiger partial charge in [0, 0.05) is 37.8 Å². The van der Waals surface area contributed by atoms with Crippen LogP contribution in [-0.2, 0) is 24.7 Å². The zero-order chi connectivity index (χ0) is 26.1. The summed E-state index contributed by atoms with van der Waals surface area (Å²) < 4.78 is 50.6. The molecule has 12 heteroatoms. The third-order valence-electron chi connectivity index (χ3n) is 5.94. The number of sulfonamides is 1. The fourth-order valence-corrected chi connectivity index (χ4v) is 6.96. The fourth-order valence-electron chi connectivity index (χ4n) is 3.98. The second-order valence-electron chi connectivity index (χ2n) is 8.53. The number of nitrogens with one attached hydrogen (secondary N) is 1. The summed E-state index contributed by atoms with van der Waals surface area (Å²) in [4.78, 5) is 30.0. The van der Waals surface area contributed by atoms with E-state index in [0.717, 1.165) is 23.2 Å². The lowest BCUT2D eigenvalue weighted by Crippen LogP contribution is -2.41. The van der Waals surface area contributed by atoms with Crippen LogP contribution >= 0.6 is 11.3 Å². The highest BCUT2D eigenvalue weighted by Crippen LogP contribution is 2.32. The van der Waals surface area contributed by atoms with E-state index < -0.39 is 25.8 Å². The van der Waals surface area contributed by atoms with E-state index in [2.05, 4.69) is 10.3 Å². The number of carbonyl (C=O) groups is 2. The molecule has 4 rings (SSSR count). The van der Waals surface area contributed by atoms with Gasteiger partial charge in [-0.2, -0.15) is 4.31 Å². The van der Waals surface area contributed by atoms with E-state index in [0.29, 0.717) is 28.5 Å². The van der Waals surface area contributed by atoms with Crippen LogP contribution in [-0.4, -0.2) is 57.2 Å². The molecule has 0 unspecified atom stereocenters. The minimum Gasteiger partial charge on any atom is -0.302 e. The summed E-state index contributed by atoms with van der Waals surface area (Å²) in [6.07, 6.45) is 1.70. The molecule has 0 saturated carbocycles. The lowest BCUT2D eigenvalue weighted by molar-refractivity contribution is -0.120. The zero-order valence-corrected chi connectivity index (χ0v) is 22.1. The first-order valence-electron chi connectivity index (χ1n) is 11.1. The molecule has 1 N–H and O–H groups in total. The highest BCUT2D eigenvalue weighted by Gasteiger charge is 2.32. The number of rotatable bonds is 7. The van der Waals surface area contributed by atoms with Gasteiger partial charge >= 0.3 is 0 Å². The number of aromatic nitrogens is 1. The Kier molecular flexibility index (Phi) is 7.41. The molecular formula is C24H25N3O6S3. The summed E-state index contributed by atoms with van der Waals surface area (Å²) in [5.74, 6) is -0.822. The Morgan fingerprint density at radius 2 is 1.53 bits per heavy atom. The number of amides is 1. The largest absolute Gasteiger partial charge is 0.302 e. The highest BCUT2D eigenvalue weighted by atomic mass is 32.2. The number of hydrogen-bond acceptors (Lipinski definition) is 8. The number of carbonyl (C=O) groups excluding carboxylic acids is 2. The van der Waals surface area contributed by atoms with E-state index in [-0.39, 0.29) is 34.6 Å². The molecule has 0 atom stereocenters. The van der Waals surface area contributed by atoms with Crippen molar-refractivity contribution < 1.29 is 26.4 Å². The number of nitrogens with zero attached hydrogens (tertiary/aromatic N) is 2. The van der Waals surface area contributed by atoms with Gasteiger partial charge in [-0.05, 0) is 37.1 Å². The van der Waals surface area contributed by atoms with Crippen LogP contribution in [0.3, 0.4) is 0 Å². The second-order valence-corrected chi connectivity index (χ2v) is 13.5. The lowest BCUT2D eigenvalue weighted by Gasteiger charge is -2.30. The molecule has 0 aliphatic carbocycles. The van der Waals surface area contributed by atoms with E-state index in [1.54, 1.807) is 0 Å². The number of piperidine rings is 1. The third kappa shape index (κ3) is 5.56. The van der Waals surface area contributed by atoms with Gasteiger partial charge in [0.25, 0.3) is 0 Å². The molecule has 1 amide bonds. The summed E-state index contributed by atoms with van der Waals surface area (Å²) in [6, 6.07) is 14.4. The summed E-state index contributed by atoms with van der Waals surface area (Å²) in [7, 11) is -7.25. The van der Waals surface area contributed by atoms with Gasteiger partial charge in [-0.25, -0.2) is 21.8 Å². The first-order chi connectivity index (χ1) is 17.0. The van der Waals surface area contributed by atoms with Crippen LogP contribution in [0, 0.1) is 5.92 Å². The molecule has 0 radical (unpaired) electrons. The number of anilines is 1. The maximum absolute atomic E-state index is 13.0. The van der Waals surface area contributed by atoms with Crippen LogP contribution in [0.5, 0.6) is 0 Å². The van der Waals surface area contributed by atoms with Crippen LogP contribution in [0.25, 0.3) is 11.3 Å².